The Kier molecular flexibility index (Phi) is 4.34. The highest BCUT2D eigenvalue weighted by molar-refractivity contribution is 6.05. The molecule has 1 aliphatic rings. The number of carbonyl (C=O) groups excluding carboxylic acids is 1. The molecule has 0 aliphatic carbocycles. The minimum atomic E-state index is -1.01. The summed E-state index contributed by atoms with van der Waals surface area (Å²) >= 11 is 0. The molecule has 1 saturated heterocycles. The fourth-order valence-electron chi connectivity index (χ4n) is 2.03. The molecule has 1 fully saturated rings. The lowest BCUT2D eigenvalue weighted by Gasteiger charge is -2.36. The van der Waals surface area contributed by atoms with E-state index in [1.165, 1.54) is 0 Å². The van der Waals surface area contributed by atoms with Gasteiger partial charge in [-0.3, -0.25) is 4.79 Å². The van der Waals surface area contributed by atoms with Crippen LogP contribution >= 0.6 is 0 Å². The third kappa shape index (κ3) is 2.88. The van der Waals surface area contributed by atoms with Gasteiger partial charge in [-0.25, -0.2) is 0 Å². The monoisotopic (exact) mass is 243 g/mol. The van der Waals surface area contributed by atoms with Crippen LogP contribution in [0.25, 0.3) is 0 Å². The van der Waals surface area contributed by atoms with Gasteiger partial charge in [0, 0.05) is 19.7 Å². The van der Waals surface area contributed by atoms with Crippen molar-refractivity contribution in [1.82, 2.24) is 4.90 Å². The largest absolute Gasteiger partial charge is 0.409 e. The zero-order valence-corrected chi connectivity index (χ0v) is 10.4. The molecule has 1 heterocycles. The molecule has 0 aromatic heterocycles. The van der Waals surface area contributed by atoms with Crippen molar-refractivity contribution in [2.24, 2.45) is 22.2 Å². The molecular weight excluding hydrogens is 222 g/mol. The summed E-state index contributed by atoms with van der Waals surface area (Å²) in [4.78, 5) is 13.9. The topological polar surface area (TPSA) is 99.2 Å². The number of hydrogen-bond acceptors (Lipinski definition) is 4. The molecule has 1 unspecified atom stereocenters. The van der Waals surface area contributed by atoms with Gasteiger partial charge >= 0.3 is 0 Å². The number of aliphatic hydroxyl groups is 1. The summed E-state index contributed by atoms with van der Waals surface area (Å²) in [6.45, 7) is 4.56. The van der Waals surface area contributed by atoms with Crippen LogP contribution in [0.1, 0.15) is 26.7 Å². The number of likely N-dealkylation sites (tertiary alicyclic amines) is 1. The van der Waals surface area contributed by atoms with Gasteiger partial charge in [-0.2, -0.15) is 0 Å². The number of amides is 1. The maximum atomic E-state index is 12.3. The molecule has 0 aromatic rings. The van der Waals surface area contributed by atoms with E-state index >= 15 is 0 Å². The fraction of sp³-hybridized carbons (Fsp3) is 0.818. The lowest BCUT2D eigenvalue weighted by atomic mass is 9.88. The number of nitrogens with zero attached hydrogens (tertiary/aromatic N) is 2. The standard InChI is InChI=1S/C11H21N3O3/c1-11(2,9(12)13-17)10(16)14-5-3-4-8(6-14)7-15/h8,15,17H,3-7H2,1-2H3,(H2,12,13). The van der Waals surface area contributed by atoms with Crippen molar-refractivity contribution in [1.29, 1.82) is 0 Å². The maximum absolute atomic E-state index is 12.3. The summed E-state index contributed by atoms with van der Waals surface area (Å²) in [7, 11) is 0. The third-order valence-corrected chi connectivity index (χ3v) is 3.35. The number of nitrogens with two attached hydrogens (primary N) is 1. The number of piperidine rings is 1. The normalized spacial score (nSPS) is 22.6. The van der Waals surface area contributed by atoms with E-state index in [1.54, 1.807) is 18.7 Å². The Bertz CT molecular complexity index is 315. The Morgan fingerprint density at radius 3 is 2.76 bits per heavy atom. The summed E-state index contributed by atoms with van der Waals surface area (Å²) in [6, 6.07) is 0. The predicted molar refractivity (Wildman–Crippen MR) is 63.6 cm³/mol. The average molecular weight is 243 g/mol. The SMILES string of the molecule is CC(C)(C(=O)N1CCCC(CO)C1)C(N)=NO. The van der Waals surface area contributed by atoms with Gasteiger partial charge in [0.2, 0.25) is 5.91 Å². The highest BCUT2D eigenvalue weighted by Crippen LogP contribution is 2.24. The van der Waals surface area contributed by atoms with Gasteiger partial charge in [0.1, 0.15) is 5.41 Å². The first kappa shape index (κ1) is 13.8. The van der Waals surface area contributed by atoms with Crippen molar-refractivity contribution >= 4 is 11.7 Å². The van der Waals surface area contributed by atoms with Crippen LogP contribution in [-0.4, -0.2) is 46.7 Å². The molecule has 0 spiro atoms. The Hall–Kier alpha value is -1.30. The van der Waals surface area contributed by atoms with Gasteiger partial charge in [-0.05, 0) is 32.6 Å². The minimum absolute atomic E-state index is 0.0892. The molecule has 1 amide bonds. The second-order valence-corrected chi connectivity index (χ2v) is 5.05. The van der Waals surface area contributed by atoms with Gasteiger partial charge in [0.15, 0.2) is 5.84 Å². The molecule has 0 aromatic carbocycles. The summed E-state index contributed by atoms with van der Waals surface area (Å²) in [6.07, 6.45) is 1.81. The van der Waals surface area contributed by atoms with Crippen molar-refractivity contribution < 1.29 is 15.1 Å². The van der Waals surface area contributed by atoms with Crippen LogP contribution < -0.4 is 5.73 Å². The zero-order valence-electron chi connectivity index (χ0n) is 10.4. The van der Waals surface area contributed by atoms with Crippen LogP contribution in [0.2, 0.25) is 0 Å². The zero-order chi connectivity index (χ0) is 13.1. The van der Waals surface area contributed by atoms with E-state index < -0.39 is 5.41 Å². The van der Waals surface area contributed by atoms with Gasteiger partial charge in [-0.15, -0.1) is 0 Å². The molecular formula is C11H21N3O3. The van der Waals surface area contributed by atoms with Crippen LogP contribution in [0.4, 0.5) is 0 Å². The van der Waals surface area contributed by atoms with Crippen LogP contribution in [0.15, 0.2) is 5.16 Å². The first-order valence-corrected chi connectivity index (χ1v) is 5.81. The van der Waals surface area contributed by atoms with Crippen molar-refractivity contribution in [2.45, 2.75) is 26.7 Å². The quantitative estimate of drug-likeness (QED) is 0.281. The molecule has 0 radical (unpaired) electrons. The Morgan fingerprint density at radius 1 is 1.59 bits per heavy atom. The third-order valence-electron chi connectivity index (χ3n) is 3.35. The van der Waals surface area contributed by atoms with Crippen LogP contribution in [0.5, 0.6) is 0 Å². The van der Waals surface area contributed by atoms with Crippen LogP contribution in [-0.2, 0) is 4.79 Å². The summed E-state index contributed by atoms with van der Waals surface area (Å²) in [5.74, 6) is -0.115. The Labute approximate surface area is 101 Å². The molecule has 1 aliphatic heterocycles. The van der Waals surface area contributed by atoms with E-state index in [1.807, 2.05) is 0 Å². The average Bonchev–Trinajstić information content (AvgIpc) is 2.36. The smallest absolute Gasteiger partial charge is 0.235 e. The van der Waals surface area contributed by atoms with Crippen molar-refractivity contribution in [3.05, 3.63) is 0 Å². The van der Waals surface area contributed by atoms with Crippen molar-refractivity contribution in [3.63, 3.8) is 0 Å². The molecule has 6 nitrogen and oxygen atoms in total. The fourth-order valence-corrected chi connectivity index (χ4v) is 2.03. The number of hydrogen-bond donors (Lipinski definition) is 3. The van der Waals surface area contributed by atoms with Gasteiger partial charge < -0.3 is 20.9 Å². The number of rotatable bonds is 3. The Morgan fingerprint density at radius 2 is 2.24 bits per heavy atom. The first-order valence-electron chi connectivity index (χ1n) is 5.81. The molecule has 0 saturated carbocycles. The van der Waals surface area contributed by atoms with E-state index in [0.717, 1.165) is 12.8 Å². The first-order chi connectivity index (χ1) is 7.93. The lowest BCUT2D eigenvalue weighted by Crippen LogP contribution is -2.51. The number of carbonyl (C=O) groups is 1. The Balaban J connectivity index is 2.75. The second kappa shape index (κ2) is 5.35. The van der Waals surface area contributed by atoms with Crippen LogP contribution in [0.3, 0.4) is 0 Å². The van der Waals surface area contributed by atoms with E-state index in [4.69, 9.17) is 16.0 Å². The van der Waals surface area contributed by atoms with Crippen LogP contribution in [0, 0.1) is 11.3 Å². The molecule has 1 rings (SSSR count). The van der Waals surface area contributed by atoms with Gasteiger partial charge in [-0.1, -0.05) is 5.16 Å². The van der Waals surface area contributed by atoms with Gasteiger partial charge in [0.25, 0.3) is 0 Å². The molecule has 17 heavy (non-hydrogen) atoms. The van der Waals surface area contributed by atoms with Crippen molar-refractivity contribution in [2.75, 3.05) is 19.7 Å². The van der Waals surface area contributed by atoms with E-state index in [9.17, 15) is 4.79 Å². The van der Waals surface area contributed by atoms with E-state index in [-0.39, 0.29) is 24.3 Å². The molecule has 1 atom stereocenters. The van der Waals surface area contributed by atoms with E-state index in [2.05, 4.69) is 5.16 Å². The highest BCUT2D eigenvalue weighted by Gasteiger charge is 2.37. The lowest BCUT2D eigenvalue weighted by molar-refractivity contribution is -0.139. The summed E-state index contributed by atoms with van der Waals surface area (Å²) < 4.78 is 0. The molecule has 4 N–H and O–H groups in total. The molecule has 0 bridgehead atoms. The summed E-state index contributed by atoms with van der Waals surface area (Å²) in [5.41, 5.74) is 4.52. The summed E-state index contributed by atoms with van der Waals surface area (Å²) in [5, 5.41) is 20.7. The number of aliphatic hydroxyl groups excluding tert-OH is 1. The molecule has 98 valence electrons. The second-order valence-electron chi connectivity index (χ2n) is 5.05. The highest BCUT2D eigenvalue weighted by atomic mass is 16.4. The minimum Gasteiger partial charge on any atom is -0.409 e. The predicted octanol–water partition coefficient (Wildman–Crippen LogP) is -0.0101. The molecule has 6 heteroatoms. The number of oxime groups is 1. The van der Waals surface area contributed by atoms with Gasteiger partial charge in [0.05, 0.1) is 0 Å². The number of amidine groups is 1. The van der Waals surface area contributed by atoms with Crippen molar-refractivity contribution in [3.8, 4) is 0 Å². The maximum Gasteiger partial charge on any atom is 0.235 e. The van der Waals surface area contributed by atoms with E-state index in [0.29, 0.717) is 13.1 Å².